The molecule has 2 amide bonds. The second kappa shape index (κ2) is 8.84. The van der Waals surface area contributed by atoms with Crippen LogP contribution in [0.5, 0.6) is 5.75 Å². The smallest absolute Gasteiger partial charge is 0.259 e. The van der Waals surface area contributed by atoms with Gasteiger partial charge in [0.05, 0.1) is 22.4 Å². The van der Waals surface area contributed by atoms with E-state index in [0.29, 0.717) is 47.3 Å². The summed E-state index contributed by atoms with van der Waals surface area (Å²) in [4.78, 5) is 26.4. The van der Waals surface area contributed by atoms with E-state index in [9.17, 15) is 9.59 Å². The molecule has 1 unspecified atom stereocenters. The van der Waals surface area contributed by atoms with Crippen LogP contribution in [0, 0.1) is 0 Å². The van der Waals surface area contributed by atoms with E-state index >= 15 is 0 Å². The molecule has 1 N–H and O–H groups in total. The van der Waals surface area contributed by atoms with Gasteiger partial charge in [-0.1, -0.05) is 23.7 Å². The van der Waals surface area contributed by atoms with Gasteiger partial charge in [0.2, 0.25) is 5.91 Å². The number of carbonyl (C=O) groups is 2. The van der Waals surface area contributed by atoms with Crippen LogP contribution in [0.4, 0.5) is 11.4 Å². The molecule has 0 radical (unpaired) electrons. The zero-order valence-corrected chi connectivity index (χ0v) is 16.8. The summed E-state index contributed by atoms with van der Waals surface area (Å²) in [7, 11) is 0. The maximum Gasteiger partial charge on any atom is 0.259 e. The zero-order valence-electron chi connectivity index (χ0n) is 16.0. The number of rotatable bonds is 6. The normalized spacial score (nSPS) is 18.9. The van der Waals surface area contributed by atoms with E-state index in [-0.39, 0.29) is 17.9 Å². The Hall–Kier alpha value is -2.57. The fourth-order valence-electron chi connectivity index (χ4n) is 3.64. The molecule has 2 saturated heterocycles. The van der Waals surface area contributed by atoms with Crippen molar-refractivity contribution in [2.75, 3.05) is 30.0 Å². The number of benzene rings is 2. The lowest BCUT2D eigenvalue weighted by Crippen LogP contribution is -2.24. The van der Waals surface area contributed by atoms with Gasteiger partial charge in [-0.2, -0.15) is 0 Å². The molecule has 2 heterocycles. The zero-order chi connectivity index (χ0) is 20.2. The molecule has 0 spiro atoms. The Morgan fingerprint density at radius 3 is 2.83 bits per heavy atom. The van der Waals surface area contributed by atoms with E-state index in [0.717, 1.165) is 25.9 Å². The van der Waals surface area contributed by atoms with E-state index in [2.05, 4.69) is 5.32 Å². The van der Waals surface area contributed by atoms with Crippen molar-refractivity contribution in [2.45, 2.75) is 31.8 Å². The molecule has 7 heteroatoms. The van der Waals surface area contributed by atoms with Crippen LogP contribution in [0.25, 0.3) is 0 Å². The summed E-state index contributed by atoms with van der Waals surface area (Å²) >= 11 is 6.37. The number of halogens is 1. The maximum atomic E-state index is 12.8. The Labute approximate surface area is 174 Å². The molecule has 0 bridgehead atoms. The van der Waals surface area contributed by atoms with Crippen LogP contribution in [-0.2, 0) is 9.53 Å². The van der Waals surface area contributed by atoms with Gasteiger partial charge in [0.15, 0.2) is 0 Å². The number of hydrogen-bond donors (Lipinski definition) is 1. The highest BCUT2D eigenvalue weighted by atomic mass is 35.5. The van der Waals surface area contributed by atoms with E-state index < -0.39 is 0 Å². The average Bonchev–Trinajstić information content (AvgIpc) is 3.38. The summed E-state index contributed by atoms with van der Waals surface area (Å²) in [6.07, 6.45) is 3.45. The Morgan fingerprint density at radius 2 is 2.10 bits per heavy atom. The number of hydrogen-bond acceptors (Lipinski definition) is 4. The van der Waals surface area contributed by atoms with Crippen molar-refractivity contribution < 1.29 is 19.1 Å². The van der Waals surface area contributed by atoms with Gasteiger partial charge in [0.25, 0.3) is 5.91 Å². The molecule has 2 fully saturated rings. The Bertz CT molecular complexity index is 911. The highest BCUT2D eigenvalue weighted by Crippen LogP contribution is 2.32. The van der Waals surface area contributed by atoms with Gasteiger partial charge in [-0.05, 0) is 49.6 Å². The maximum absolute atomic E-state index is 12.8. The predicted molar refractivity (Wildman–Crippen MR) is 112 cm³/mol. The van der Waals surface area contributed by atoms with Crippen molar-refractivity contribution >= 4 is 34.8 Å². The fourth-order valence-corrected chi connectivity index (χ4v) is 3.93. The van der Waals surface area contributed by atoms with Gasteiger partial charge in [0.1, 0.15) is 12.4 Å². The van der Waals surface area contributed by atoms with E-state index in [1.54, 1.807) is 41.3 Å². The van der Waals surface area contributed by atoms with Crippen molar-refractivity contribution in [2.24, 2.45) is 0 Å². The Balaban J connectivity index is 1.45. The van der Waals surface area contributed by atoms with E-state index in [4.69, 9.17) is 21.1 Å². The standard InChI is InChI=1S/C22H23ClN2O4/c23-18-13-15(9-10-19(18)25-11-3-8-21(25)26)24-22(27)17-6-1-2-7-20(17)29-14-16-5-4-12-28-16/h1-2,6-7,9-10,13,16H,3-5,8,11-12,14H2,(H,24,27). The average molecular weight is 415 g/mol. The predicted octanol–water partition coefficient (Wildman–Crippen LogP) is 4.28. The molecule has 2 aromatic rings. The second-order valence-electron chi connectivity index (χ2n) is 7.21. The quantitative estimate of drug-likeness (QED) is 0.766. The molecular formula is C22H23ClN2O4. The van der Waals surface area contributed by atoms with Crippen molar-refractivity contribution in [3.63, 3.8) is 0 Å². The number of ether oxygens (including phenoxy) is 2. The molecule has 6 nitrogen and oxygen atoms in total. The number of amides is 2. The van der Waals surface area contributed by atoms with Crippen molar-refractivity contribution in [1.82, 2.24) is 0 Å². The molecule has 2 aromatic carbocycles. The summed E-state index contributed by atoms with van der Waals surface area (Å²) in [5, 5.41) is 3.29. The molecule has 152 valence electrons. The van der Waals surface area contributed by atoms with E-state index in [1.165, 1.54) is 0 Å². The van der Waals surface area contributed by atoms with Crippen molar-refractivity contribution in [3.8, 4) is 5.75 Å². The van der Waals surface area contributed by atoms with Gasteiger partial charge >= 0.3 is 0 Å². The van der Waals surface area contributed by atoms with Gasteiger partial charge in [0, 0.05) is 25.3 Å². The highest BCUT2D eigenvalue weighted by molar-refractivity contribution is 6.34. The first-order chi connectivity index (χ1) is 14.1. The molecule has 1 atom stereocenters. The third-order valence-corrected chi connectivity index (χ3v) is 5.45. The molecule has 2 aliphatic rings. The van der Waals surface area contributed by atoms with Crippen LogP contribution in [0.15, 0.2) is 42.5 Å². The van der Waals surface area contributed by atoms with E-state index in [1.807, 2.05) is 6.07 Å². The summed E-state index contributed by atoms with van der Waals surface area (Å²) in [6, 6.07) is 12.3. The van der Waals surface area contributed by atoms with Gasteiger partial charge < -0.3 is 19.7 Å². The third kappa shape index (κ3) is 4.54. The minimum atomic E-state index is -0.283. The molecule has 0 saturated carbocycles. The van der Waals surface area contributed by atoms with Crippen molar-refractivity contribution in [3.05, 3.63) is 53.1 Å². The number of para-hydroxylation sites is 1. The minimum absolute atomic E-state index is 0.0704. The number of nitrogens with one attached hydrogen (secondary N) is 1. The third-order valence-electron chi connectivity index (χ3n) is 5.15. The Morgan fingerprint density at radius 1 is 1.24 bits per heavy atom. The largest absolute Gasteiger partial charge is 0.490 e. The molecule has 0 aliphatic carbocycles. The van der Waals surface area contributed by atoms with Gasteiger partial charge in [-0.3, -0.25) is 9.59 Å². The van der Waals surface area contributed by atoms with Crippen LogP contribution in [0.1, 0.15) is 36.0 Å². The minimum Gasteiger partial charge on any atom is -0.490 e. The van der Waals surface area contributed by atoms with Crippen molar-refractivity contribution in [1.29, 1.82) is 0 Å². The SMILES string of the molecule is O=C(Nc1ccc(N2CCCC2=O)c(Cl)c1)c1ccccc1OCC1CCCO1. The summed E-state index contributed by atoms with van der Waals surface area (Å²) < 4.78 is 11.4. The van der Waals surface area contributed by atoms with Crippen LogP contribution in [0.3, 0.4) is 0 Å². The number of anilines is 2. The van der Waals surface area contributed by atoms with Gasteiger partial charge in [-0.25, -0.2) is 0 Å². The summed E-state index contributed by atoms with van der Waals surface area (Å²) in [5.41, 5.74) is 1.68. The lowest BCUT2D eigenvalue weighted by Gasteiger charge is -2.18. The number of carbonyl (C=O) groups excluding carboxylic acids is 2. The molecule has 29 heavy (non-hydrogen) atoms. The number of nitrogens with zero attached hydrogens (tertiary/aromatic N) is 1. The lowest BCUT2D eigenvalue weighted by atomic mass is 10.1. The second-order valence-corrected chi connectivity index (χ2v) is 7.62. The van der Waals surface area contributed by atoms with Crippen LogP contribution >= 0.6 is 11.6 Å². The molecule has 2 aliphatic heterocycles. The first-order valence-corrected chi connectivity index (χ1v) is 10.2. The lowest BCUT2D eigenvalue weighted by molar-refractivity contribution is -0.117. The summed E-state index contributed by atoms with van der Waals surface area (Å²) in [6.45, 7) is 1.85. The monoisotopic (exact) mass is 414 g/mol. The van der Waals surface area contributed by atoms with Crippen LogP contribution < -0.4 is 15.0 Å². The molecular weight excluding hydrogens is 392 g/mol. The van der Waals surface area contributed by atoms with Crippen LogP contribution in [-0.4, -0.2) is 37.7 Å². The Kier molecular flexibility index (Phi) is 6.02. The first kappa shape index (κ1) is 19.7. The fraction of sp³-hybridized carbons (Fsp3) is 0.364. The highest BCUT2D eigenvalue weighted by Gasteiger charge is 2.24. The van der Waals surface area contributed by atoms with Gasteiger partial charge in [-0.15, -0.1) is 0 Å². The summed E-state index contributed by atoms with van der Waals surface area (Å²) in [5.74, 6) is 0.306. The topological polar surface area (TPSA) is 67.9 Å². The molecule has 4 rings (SSSR count). The van der Waals surface area contributed by atoms with Crippen LogP contribution in [0.2, 0.25) is 5.02 Å². The molecule has 0 aromatic heterocycles. The first-order valence-electron chi connectivity index (χ1n) is 9.86.